The summed E-state index contributed by atoms with van der Waals surface area (Å²) in [4.78, 5) is 11.0. The molecule has 0 aliphatic heterocycles. The first-order chi connectivity index (χ1) is 9.58. The summed E-state index contributed by atoms with van der Waals surface area (Å²) in [5.74, 6) is -0.514. The normalized spacial score (nSPS) is 12.2. The van der Waals surface area contributed by atoms with Crippen LogP contribution in [0.15, 0.2) is 54.6 Å². The topological polar surface area (TPSA) is 49.3 Å². The second-order valence-electron chi connectivity index (χ2n) is 5.16. The van der Waals surface area contributed by atoms with E-state index in [4.69, 9.17) is 5.11 Å². The SMILES string of the molecule is CC(C)C(Nc1cccc(C(=O)O)c1)c1ccccc1. The summed E-state index contributed by atoms with van der Waals surface area (Å²) in [5.41, 5.74) is 2.32. The van der Waals surface area contributed by atoms with E-state index in [2.05, 4.69) is 31.3 Å². The fourth-order valence-corrected chi connectivity index (χ4v) is 2.22. The van der Waals surface area contributed by atoms with Crippen LogP contribution in [0.2, 0.25) is 0 Å². The predicted molar refractivity (Wildman–Crippen MR) is 81.0 cm³/mol. The van der Waals surface area contributed by atoms with Crippen molar-refractivity contribution in [2.75, 3.05) is 5.32 Å². The Morgan fingerprint density at radius 1 is 1.05 bits per heavy atom. The summed E-state index contributed by atoms with van der Waals surface area (Å²) in [6, 6.07) is 17.3. The minimum Gasteiger partial charge on any atom is -0.478 e. The van der Waals surface area contributed by atoms with E-state index in [1.54, 1.807) is 18.2 Å². The Morgan fingerprint density at radius 2 is 1.75 bits per heavy atom. The number of rotatable bonds is 5. The van der Waals surface area contributed by atoms with Crippen LogP contribution in [-0.4, -0.2) is 11.1 Å². The van der Waals surface area contributed by atoms with Crippen molar-refractivity contribution in [3.05, 3.63) is 65.7 Å². The number of hydrogen-bond donors (Lipinski definition) is 2. The third-order valence-electron chi connectivity index (χ3n) is 3.26. The molecule has 20 heavy (non-hydrogen) atoms. The summed E-state index contributed by atoms with van der Waals surface area (Å²) in [6.45, 7) is 4.29. The smallest absolute Gasteiger partial charge is 0.335 e. The maximum Gasteiger partial charge on any atom is 0.335 e. The highest BCUT2D eigenvalue weighted by atomic mass is 16.4. The maximum absolute atomic E-state index is 11.0. The molecule has 0 amide bonds. The Hall–Kier alpha value is -2.29. The first-order valence-corrected chi connectivity index (χ1v) is 6.73. The molecule has 2 rings (SSSR count). The van der Waals surface area contributed by atoms with E-state index in [9.17, 15) is 4.79 Å². The lowest BCUT2D eigenvalue weighted by Gasteiger charge is -2.24. The Labute approximate surface area is 119 Å². The van der Waals surface area contributed by atoms with Crippen LogP contribution in [0, 0.1) is 5.92 Å². The van der Waals surface area contributed by atoms with Gasteiger partial charge in [0.05, 0.1) is 11.6 Å². The summed E-state index contributed by atoms with van der Waals surface area (Å²) >= 11 is 0. The van der Waals surface area contributed by atoms with Gasteiger partial charge in [-0.3, -0.25) is 0 Å². The first kappa shape index (κ1) is 14.1. The molecule has 0 bridgehead atoms. The number of aromatic carboxylic acids is 1. The van der Waals surface area contributed by atoms with Gasteiger partial charge in [0.25, 0.3) is 0 Å². The van der Waals surface area contributed by atoms with Crippen molar-refractivity contribution in [3.8, 4) is 0 Å². The van der Waals surface area contributed by atoms with E-state index >= 15 is 0 Å². The predicted octanol–water partition coefficient (Wildman–Crippen LogP) is 4.19. The lowest BCUT2D eigenvalue weighted by atomic mass is 9.95. The number of benzene rings is 2. The quantitative estimate of drug-likeness (QED) is 0.855. The zero-order valence-electron chi connectivity index (χ0n) is 11.7. The van der Waals surface area contributed by atoms with Gasteiger partial charge in [-0.25, -0.2) is 4.79 Å². The van der Waals surface area contributed by atoms with Gasteiger partial charge in [-0.2, -0.15) is 0 Å². The van der Waals surface area contributed by atoms with Crippen LogP contribution in [0.5, 0.6) is 0 Å². The molecule has 0 fully saturated rings. The van der Waals surface area contributed by atoms with Gasteiger partial charge in [-0.1, -0.05) is 50.2 Å². The lowest BCUT2D eigenvalue weighted by molar-refractivity contribution is 0.0697. The molecule has 2 N–H and O–H groups in total. The average molecular weight is 269 g/mol. The van der Waals surface area contributed by atoms with Crippen LogP contribution in [-0.2, 0) is 0 Å². The van der Waals surface area contributed by atoms with Gasteiger partial charge in [0, 0.05) is 5.69 Å². The fourth-order valence-electron chi connectivity index (χ4n) is 2.22. The van der Waals surface area contributed by atoms with Crippen molar-refractivity contribution in [3.63, 3.8) is 0 Å². The number of carboxylic acids is 1. The maximum atomic E-state index is 11.0. The molecular weight excluding hydrogens is 250 g/mol. The summed E-state index contributed by atoms with van der Waals surface area (Å²) in [6.07, 6.45) is 0. The third-order valence-corrected chi connectivity index (χ3v) is 3.26. The second kappa shape index (κ2) is 6.24. The Bertz CT molecular complexity index is 579. The molecule has 2 aromatic rings. The van der Waals surface area contributed by atoms with E-state index in [1.807, 2.05) is 24.3 Å². The van der Waals surface area contributed by atoms with E-state index in [0.29, 0.717) is 11.5 Å². The molecule has 3 heteroatoms. The lowest BCUT2D eigenvalue weighted by Crippen LogP contribution is -2.17. The largest absolute Gasteiger partial charge is 0.478 e. The van der Waals surface area contributed by atoms with Gasteiger partial charge in [0.15, 0.2) is 0 Å². The molecule has 3 nitrogen and oxygen atoms in total. The van der Waals surface area contributed by atoms with Crippen molar-refractivity contribution >= 4 is 11.7 Å². The minimum atomic E-state index is -0.908. The molecule has 104 valence electrons. The highest BCUT2D eigenvalue weighted by Gasteiger charge is 2.15. The Kier molecular flexibility index (Phi) is 4.41. The minimum absolute atomic E-state index is 0.153. The van der Waals surface area contributed by atoms with E-state index in [0.717, 1.165) is 5.69 Å². The molecule has 0 saturated heterocycles. The van der Waals surface area contributed by atoms with Gasteiger partial charge < -0.3 is 10.4 Å². The van der Waals surface area contributed by atoms with Gasteiger partial charge >= 0.3 is 5.97 Å². The zero-order chi connectivity index (χ0) is 14.5. The average Bonchev–Trinajstić information content (AvgIpc) is 2.45. The van der Waals surface area contributed by atoms with Crippen molar-refractivity contribution in [2.45, 2.75) is 19.9 Å². The molecule has 0 aliphatic carbocycles. The molecule has 2 aromatic carbocycles. The summed E-state index contributed by atoms with van der Waals surface area (Å²) < 4.78 is 0. The monoisotopic (exact) mass is 269 g/mol. The van der Waals surface area contributed by atoms with E-state index in [1.165, 1.54) is 5.56 Å². The van der Waals surface area contributed by atoms with E-state index in [-0.39, 0.29) is 6.04 Å². The summed E-state index contributed by atoms with van der Waals surface area (Å²) in [7, 11) is 0. The number of anilines is 1. The second-order valence-corrected chi connectivity index (χ2v) is 5.16. The van der Waals surface area contributed by atoms with Crippen molar-refractivity contribution in [1.82, 2.24) is 0 Å². The molecule has 0 saturated carbocycles. The van der Waals surface area contributed by atoms with Crippen LogP contribution in [0.4, 0.5) is 5.69 Å². The molecule has 0 radical (unpaired) electrons. The van der Waals surface area contributed by atoms with Crippen LogP contribution in [0.3, 0.4) is 0 Å². The van der Waals surface area contributed by atoms with Crippen LogP contribution >= 0.6 is 0 Å². The van der Waals surface area contributed by atoms with Crippen molar-refractivity contribution < 1.29 is 9.90 Å². The molecule has 0 heterocycles. The van der Waals surface area contributed by atoms with Gasteiger partial charge in [-0.05, 0) is 29.7 Å². The molecule has 0 aliphatic rings. The highest BCUT2D eigenvalue weighted by molar-refractivity contribution is 5.88. The van der Waals surface area contributed by atoms with Crippen LogP contribution < -0.4 is 5.32 Å². The molecule has 1 atom stereocenters. The number of hydrogen-bond acceptors (Lipinski definition) is 2. The van der Waals surface area contributed by atoms with Gasteiger partial charge in [0.1, 0.15) is 0 Å². The van der Waals surface area contributed by atoms with Gasteiger partial charge in [-0.15, -0.1) is 0 Å². The highest BCUT2D eigenvalue weighted by Crippen LogP contribution is 2.26. The zero-order valence-corrected chi connectivity index (χ0v) is 11.7. The Balaban J connectivity index is 2.25. The molecule has 0 spiro atoms. The number of carbonyl (C=O) groups is 1. The summed E-state index contributed by atoms with van der Waals surface area (Å²) in [5, 5.41) is 12.5. The Morgan fingerprint density at radius 3 is 2.35 bits per heavy atom. The molecule has 0 aromatic heterocycles. The van der Waals surface area contributed by atoms with E-state index < -0.39 is 5.97 Å². The van der Waals surface area contributed by atoms with Crippen LogP contribution in [0.25, 0.3) is 0 Å². The third kappa shape index (κ3) is 3.38. The number of carboxylic acid groups (broad SMARTS) is 1. The van der Waals surface area contributed by atoms with Crippen molar-refractivity contribution in [2.24, 2.45) is 5.92 Å². The van der Waals surface area contributed by atoms with Crippen molar-refractivity contribution in [1.29, 1.82) is 0 Å². The fraction of sp³-hybridized carbons (Fsp3) is 0.235. The standard InChI is InChI=1S/C17H19NO2/c1-12(2)16(13-7-4-3-5-8-13)18-15-10-6-9-14(11-15)17(19)20/h3-12,16,18H,1-2H3,(H,19,20). The first-order valence-electron chi connectivity index (χ1n) is 6.73. The number of nitrogens with one attached hydrogen (secondary N) is 1. The molecule has 1 unspecified atom stereocenters. The van der Waals surface area contributed by atoms with Gasteiger partial charge in [0.2, 0.25) is 0 Å². The van der Waals surface area contributed by atoms with Crippen LogP contribution in [0.1, 0.15) is 35.8 Å². The molecular formula is C17H19NO2.